The first-order valence-electron chi connectivity index (χ1n) is 4.60. The third kappa shape index (κ3) is 2.26. The van der Waals surface area contributed by atoms with Gasteiger partial charge in [-0.25, -0.2) is 0 Å². The summed E-state index contributed by atoms with van der Waals surface area (Å²) in [6.45, 7) is 0. The lowest BCUT2D eigenvalue weighted by Crippen LogP contribution is -1.87. The molecule has 1 aromatic carbocycles. The molecular formula is C11H11BrN2S. The van der Waals surface area contributed by atoms with Crippen molar-refractivity contribution in [1.82, 2.24) is 9.78 Å². The van der Waals surface area contributed by atoms with Crippen molar-refractivity contribution in [1.29, 1.82) is 0 Å². The van der Waals surface area contributed by atoms with Crippen molar-refractivity contribution in [2.24, 2.45) is 7.05 Å². The van der Waals surface area contributed by atoms with Gasteiger partial charge < -0.3 is 0 Å². The molecule has 0 N–H and O–H groups in total. The molecule has 15 heavy (non-hydrogen) atoms. The summed E-state index contributed by atoms with van der Waals surface area (Å²) in [4.78, 5) is 0. The van der Waals surface area contributed by atoms with Gasteiger partial charge in [-0.1, -0.05) is 28.1 Å². The molecule has 0 aliphatic carbocycles. The van der Waals surface area contributed by atoms with Gasteiger partial charge in [0, 0.05) is 34.6 Å². The van der Waals surface area contributed by atoms with E-state index in [2.05, 4.69) is 45.8 Å². The van der Waals surface area contributed by atoms with E-state index < -0.39 is 0 Å². The molecule has 0 atom stereocenters. The van der Waals surface area contributed by atoms with Crippen LogP contribution < -0.4 is 0 Å². The van der Waals surface area contributed by atoms with Crippen LogP contribution in [-0.2, 0) is 12.8 Å². The van der Waals surface area contributed by atoms with Gasteiger partial charge >= 0.3 is 0 Å². The fourth-order valence-electron chi connectivity index (χ4n) is 1.50. The van der Waals surface area contributed by atoms with Crippen molar-refractivity contribution < 1.29 is 0 Å². The van der Waals surface area contributed by atoms with Gasteiger partial charge in [-0.3, -0.25) is 4.68 Å². The molecule has 0 saturated heterocycles. The summed E-state index contributed by atoms with van der Waals surface area (Å²) in [5, 5.41) is 4.43. The lowest BCUT2D eigenvalue weighted by molar-refractivity contribution is 0.770. The quantitative estimate of drug-likeness (QED) is 0.837. The molecule has 0 fully saturated rings. The summed E-state index contributed by atoms with van der Waals surface area (Å²) in [6, 6.07) is 8.15. The Morgan fingerprint density at radius 3 is 2.60 bits per heavy atom. The number of aromatic nitrogens is 2. The van der Waals surface area contributed by atoms with Crippen LogP contribution in [0.15, 0.2) is 34.9 Å². The third-order valence-electron chi connectivity index (χ3n) is 2.19. The van der Waals surface area contributed by atoms with Crippen LogP contribution in [0, 0.1) is 0 Å². The molecule has 0 unspecified atom stereocenters. The Balaban J connectivity index is 2.48. The first-order valence-corrected chi connectivity index (χ1v) is 6.02. The molecule has 1 aromatic heterocycles. The SMILES string of the molecule is Cn1cc(CS)c(-c2ccc(Br)cc2)n1. The van der Waals surface area contributed by atoms with E-state index in [4.69, 9.17) is 0 Å². The smallest absolute Gasteiger partial charge is 0.0963 e. The lowest BCUT2D eigenvalue weighted by atomic mass is 10.1. The van der Waals surface area contributed by atoms with Gasteiger partial charge in [-0.15, -0.1) is 0 Å². The zero-order valence-electron chi connectivity index (χ0n) is 8.31. The number of aryl methyl sites for hydroxylation is 1. The van der Waals surface area contributed by atoms with Crippen LogP contribution in [0.1, 0.15) is 5.56 Å². The minimum Gasteiger partial charge on any atom is -0.275 e. The van der Waals surface area contributed by atoms with E-state index in [1.165, 1.54) is 0 Å². The molecule has 2 aromatic rings. The van der Waals surface area contributed by atoms with Gasteiger partial charge in [0.25, 0.3) is 0 Å². The van der Waals surface area contributed by atoms with Crippen molar-refractivity contribution in [3.05, 3.63) is 40.5 Å². The molecule has 1 heterocycles. The third-order valence-corrected chi connectivity index (χ3v) is 3.06. The molecular weight excluding hydrogens is 272 g/mol. The number of nitrogens with zero attached hydrogens (tertiary/aromatic N) is 2. The molecule has 4 heteroatoms. The second kappa shape index (κ2) is 4.41. The van der Waals surface area contributed by atoms with Gasteiger partial charge in [-0.05, 0) is 12.1 Å². The average Bonchev–Trinajstić information content (AvgIpc) is 2.61. The first-order chi connectivity index (χ1) is 7.20. The van der Waals surface area contributed by atoms with Crippen LogP contribution in [0.25, 0.3) is 11.3 Å². The highest BCUT2D eigenvalue weighted by atomic mass is 79.9. The highest BCUT2D eigenvalue weighted by Gasteiger charge is 2.08. The molecule has 2 nitrogen and oxygen atoms in total. The summed E-state index contributed by atoms with van der Waals surface area (Å²) in [6.07, 6.45) is 2.00. The van der Waals surface area contributed by atoms with Crippen molar-refractivity contribution in [3.63, 3.8) is 0 Å². The summed E-state index contributed by atoms with van der Waals surface area (Å²) in [7, 11) is 1.93. The van der Waals surface area contributed by atoms with Gasteiger partial charge in [0.2, 0.25) is 0 Å². The Morgan fingerprint density at radius 2 is 2.00 bits per heavy atom. The number of hydrogen-bond acceptors (Lipinski definition) is 2. The van der Waals surface area contributed by atoms with Crippen LogP contribution in [0.5, 0.6) is 0 Å². The molecule has 0 bridgehead atoms. The zero-order valence-corrected chi connectivity index (χ0v) is 10.8. The highest BCUT2D eigenvalue weighted by molar-refractivity contribution is 9.10. The molecule has 0 saturated carbocycles. The highest BCUT2D eigenvalue weighted by Crippen LogP contribution is 2.24. The predicted molar refractivity (Wildman–Crippen MR) is 69.0 cm³/mol. The normalized spacial score (nSPS) is 10.6. The van der Waals surface area contributed by atoms with E-state index in [-0.39, 0.29) is 0 Å². The Kier molecular flexibility index (Phi) is 3.17. The topological polar surface area (TPSA) is 17.8 Å². The van der Waals surface area contributed by atoms with E-state index in [1.807, 2.05) is 30.1 Å². The standard InChI is InChI=1S/C11H11BrN2S/c1-14-6-9(7-15)11(13-14)8-2-4-10(12)5-3-8/h2-6,15H,7H2,1H3. The van der Waals surface area contributed by atoms with E-state index in [9.17, 15) is 0 Å². The second-order valence-electron chi connectivity index (χ2n) is 3.34. The van der Waals surface area contributed by atoms with Crippen molar-refractivity contribution in [2.45, 2.75) is 5.75 Å². The lowest BCUT2D eigenvalue weighted by Gasteiger charge is -1.99. The maximum atomic E-state index is 4.43. The molecule has 0 aliphatic rings. The summed E-state index contributed by atoms with van der Waals surface area (Å²) in [5.74, 6) is 0.708. The molecule has 78 valence electrons. The summed E-state index contributed by atoms with van der Waals surface area (Å²) >= 11 is 7.72. The van der Waals surface area contributed by atoms with Gasteiger partial charge in [0.1, 0.15) is 0 Å². The molecule has 2 rings (SSSR count). The van der Waals surface area contributed by atoms with Gasteiger partial charge in [0.05, 0.1) is 5.69 Å². The number of thiol groups is 1. The molecule has 0 spiro atoms. The number of halogens is 1. The van der Waals surface area contributed by atoms with E-state index in [0.29, 0.717) is 5.75 Å². The molecule has 0 radical (unpaired) electrons. The van der Waals surface area contributed by atoms with Crippen LogP contribution in [0.4, 0.5) is 0 Å². The Hall–Kier alpha value is -0.740. The van der Waals surface area contributed by atoms with Gasteiger partial charge in [0.15, 0.2) is 0 Å². The Bertz CT molecular complexity index is 462. The first kappa shape index (κ1) is 10.8. The van der Waals surface area contributed by atoms with Crippen LogP contribution in [-0.4, -0.2) is 9.78 Å². The average molecular weight is 283 g/mol. The maximum absolute atomic E-state index is 4.43. The minimum atomic E-state index is 0.708. The van der Waals surface area contributed by atoms with E-state index >= 15 is 0 Å². The largest absolute Gasteiger partial charge is 0.275 e. The summed E-state index contributed by atoms with van der Waals surface area (Å²) < 4.78 is 2.90. The zero-order chi connectivity index (χ0) is 10.8. The van der Waals surface area contributed by atoms with Crippen molar-refractivity contribution in [3.8, 4) is 11.3 Å². The minimum absolute atomic E-state index is 0.708. The van der Waals surface area contributed by atoms with E-state index in [1.54, 1.807) is 0 Å². The van der Waals surface area contributed by atoms with Crippen LogP contribution >= 0.6 is 28.6 Å². The van der Waals surface area contributed by atoms with Crippen molar-refractivity contribution in [2.75, 3.05) is 0 Å². The molecule has 0 aliphatic heterocycles. The maximum Gasteiger partial charge on any atom is 0.0963 e. The fraction of sp³-hybridized carbons (Fsp3) is 0.182. The van der Waals surface area contributed by atoms with Crippen molar-refractivity contribution >= 4 is 28.6 Å². The number of rotatable bonds is 2. The Morgan fingerprint density at radius 1 is 1.33 bits per heavy atom. The number of benzene rings is 1. The predicted octanol–water partition coefficient (Wildman–Crippen LogP) is 3.28. The van der Waals surface area contributed by atoms with Crippen LogP contribution in [0.3, 0.4) is 0 Å². The monoisotopic (exact) mass is 282 g/mol. The Labute approximate surface area is 103 Å². The fourth-order valence-corrected chi connectivity index (χ4v) is 2.00. The van der Waals surface area contributed by atoms with E-state index in [0.717, 1.165) is 21.3 Å². The molecule has 0 amide bonds. The van der Waals surface area contributed by atoms with Crippen LogP contribution in [0.2, 0.25) is 0 Å². The second-order valence-corrected chi connectivity index (χ2v) is 4.57. The van der Waals surface area contributed by atoms with Gasteiger partial charge in [-0.2, -0.15) is 17.7 Å². The summed E-state index contributed by atoms with van der Waals surface area (Å²) in [5.41, 5.74) is 3.30. The number of hydrogen-bond donors (Lipinski definition) is 1.